The van der Waals surface area contributed by atoms with E-state index in [1.165, 1.54) is 0 Å². The smallest absolute Gasteiger partial charge is 0.0582 e. The lowest BCUT2D eigenvalue weighted by molar-refractivity contribution is 1.51. The molecule has 0 nitrogen and oxygen atoms in total. The zero-order valence-electron chi connectivity index (χ0n) is 15.3. The van der Waals surface area contributed by atoms with Crippen LogP contribution in [0.3, 0.4) is 0 Å². The zero-order chi connectivity index (χ0) is 20.5. The predicted molar refractivity (Wildman–Crippen MR) is 114 cm³/mol. The summed E-state index contributed by atoms with van der Waals surface area (Å²) in [6, 6.07) is 3.55. The summed E-state index contributed by atoms with van der Waals surface area (Å²) in [6.45, 7) is 3.40. The number of hydrogen-bond acceptors (Lipinski definition) is 0. The van der Waals surface area contributed by atoms with Crippen molar-refractivity contribution in [2.75, 3.05) is 0 Å². The van der Waals surface area contributed by atoms with Crippen LogP contribution in [-0.2, 0) is 0 Å². The van der Waals surface area contributed by atoms with Gasteiger partial charge in [0.1, 0.15) is 0 Å². The first-order valence-electron chi connectivity index (χ1n) is 7.74. The van der Waals surface area contributed by atoms with Gasteiger partial charge >= 0.3 is 0 Å². The molecule has 0 N–H and O–H groups in total. The van der Waals surface area contributed by atoms with Gasteiger partial charge in [0, 0.05) is 11.1 Å². The second-order valence-corrected chi connectivity index (χ2v) is 4.45. The Hall–Kier alpha value is -5.18. The first kappa shape index (κ1) is 20.9. The third-order valence-corrected chi connectivity index (χ3v) is 2.74. The van der Waals surface area contributed by atoms with Crippen molar-refractivity contribution < 1.29 is 0 Å². The Morgan fingerprint density at radius 1 is 0.500 bits per heavy atom. The molecule has 0 bridgehead atoms. The standard InChI is InChI=1S/C28H10/c1-5-9-13-15-17-20-26-24-23-25(19-12-8-4)27(21-16-11-7-3)28(26)22-18-14-10-6-2/h2,4,23-24H,1,3H3. The fraction of sp³-hybridized carbons (Fsp3) is 0.0714. The van der Waals surface area contributed by atoms with Crippen LogP contribution >= 0.6 is 0 Å². The molecule has 0 amide bonds. The fourth-order valence-corrected chi connectivity index (χ4v) is 1.72. The molecule has 0 heteroatoms. The van der Waals surface area contributed by atoms with E-state index in [1.807, 2.05) is 0 Å². The summed E-state index contributed by atoms with van der Waals surface area (Å²) < 4.78 is 0. The zero-order valence-corrected chi connectivity index (χ0v) is 15.3. The third kappa shape index (κ3) is 7.15. The van der Waals surface area contributed by atoms with Crippen molar-refractivity contribution in [3.05, 3.63) is 34.4 Å². The van der Waals surface area contributed by atoms with E-state index in [-0.39, 0.29) is 0 Å². The SMILES string of the molecule is C#CC#CC#Cc1c(C#CC#CC#CC)ccc(C#CC#C)c1C#CC#CC. The van der Waals surface area contributed by atoms with Gasteiger partial charge in [-0.25, -0.2) is 0 Å². The van der Waals surface area contributed by atoms with Gasteiger partial charge in [0.05, 0.1) is 11.1 Å². The predicted octanol–water partition coefficient (Wildman–Crippen LogP) is 2.41. The van der Waals surface area contributed by atoms with Gasteiger partial charge in [0.15, 0.2) is 0 Å². The van der Waals surface area contributed by atoms with Crippen molar-refractivity contribution in [1.29, 1.82) is 0 Å². The maximum atomic E-state index is 5.24. The highest BCUT2D eigenvalue weighted by atomic mass is 14.1. The van der Waals surface area contributed by atoms with Crippen LogP contribution in [0.15, 0.2) is 12.1 Å². The van der Waals surface area contributed by atoms with Crippen LogP contribution in [0, 0.1) is 119 Å². The minimum absolute atomic E-state index is 0.552. The number of rotatable bonds is 0. The molecular formula is C28H10. The lowest BCUT2D eigenvalue weighted by atomic mass is 9.96. The Labute approximate surface area is 167 Å². The number of hydrogen-bond donors (Lipinski definition) is 0. The number of benzene rings is 1. The molecule has 0 aliphatic rings. The molecule has 1 aromatic carbocycles. The lowest BCUT2D eigenvalue weighted by Gasteiger charge is -2.03. The molecule has 0 saturated carbocycles. The summed E-state index contributed by atoms with van der Waals surface area (Å²) in [7, 11) is 0. The van der Waals surface area contributed by atoms with E-state index in [0.717, 1.165) is 0 Å². The highest BCUT2D eigenvalue weighted by molar-refractivity contribution is 5.67. The van der Waals surface area contributed by atoms with E-state index in [0.29, 0.717) is 22.3 Å². The molecule has 1 aromatic rings. The Kier molecular flexibility index (Phi) is 9.80. The summed E-state index contributed by atoms with van der Waals surface area (Å²) in [6.07, 6.45) is 10.4. The molecule has 0 aliphatic carbocycles. The maximum absolute atomic E-state index is 5.24. The topological polar surface area (TPSA) is 0 Å². The normalized spacial score (nSPS) is 6.00. The average molecular weight is 346 g/mol. The van der Waals surface area contributed by atoms with Gasteiger partial charge in [-0.3, -0.25) is 0 Å². The number of terminal acetylenes is 2. The maximum Gasteiger partial charge on any atom is 0.0582 e. The van der Waals surface area contributed by atoms with Crippen LogP contribution in [-0.4, -0.2) is 0 Å². The fourth-order valence-electron chi connectivity index (χ4n) is 1.72. The van der Waals surface area contributed by atoms with Crippen molar-refractivity contribution in [3.8, 4) is 119 Å². The Bertz CT molecular complexity index is 1370. The van der Waals surface area contributed by atoms with Gasteiger partial charge in [0.2, 0.25) is 0 Å². The molecule has 122 valence electrons. The molecule has 0 aromatic heterocycles. The van der Waals surface area contributed by atoms with Gasteiger partial charge in [-0.05, 0) is 97.0 Å². The first-order valence-corrected chi connectivity index (χ1v) is 7.74. The molecule has 0 saturated heterocycles. The molecule has 28 heavy (non-hydrogen) atoms. The Morgan fingerprint density at radius 2 is 0.929 bits per heavy atom. The highest BCUT2D eigenvalue weighted by Gasteiger charge is 2.08. The summed E-state index contributed by atoms with van der Waals surface area (Å²) in [4.78, 5) is 0. The van der Waals surface area contributed by atoms with Gasteiger partial charge < -0.3 is 0 Å². The van der Waals surface area contributed by atoms with Crippen molar-refractivity contribution in [1.82, 2.24) is 0 Å². The Balaban J connectivity index is 3.80. The van der Waals surface area contributed by atoms with E-state index in [2.05, 4.69) is 107 Å². The summed E-state index contributed by atoms with van der Waals surface area (Å²) in [5.41, 5.74) is 2.35. The molecule has 0 fully saturated rings. The highest BCUT2D eigenvalue weighted by Crippen LogP contribution is 2.17. The molecule has 0 aliphatic heterocycles. The quantitative estimate of drug-likeness (QED) is 0.633. The molecule has 1 rings (SSSR count). The van der Waals surface area contributed by atoms with E-state index >= 15 is 0 Å². The van der Waals surface area contributed by atoms with E-state index in [4.69, 9.17) is 12.8 Å². The van der Waals surface area contributed by atoms with Crippen LogP contribution in [0.4, 0.5) is 0 Å². The molecule has 0 unspecified atom stereocenters. The van der Waals surface area contributed by atoms with Crippen molar-refractivity contribution in [2.45, 2.75) is 13.8 Å². The minimum Gasteiger partial charge on any atom is -0.106 e. The minimum atomic E-state index is 0.552. The molecular weight excluding hydrogens is 336 g/mol. The molecule has 0 radical (unpaired) electrons. The summed E-state index contributed by atoms with van der Waals surface area (Å²) in [5.74, 6) is 48.0. The summed E-state index contributed by atoms with van der Waals surface area (Å²) in [5, 5.41) is 0. The van der Waals surface area contributed by atoms with Crippen molar-refractivity contribution >= 4 is 0 Å². The monoisotopic (exact) mass is 346 g/mol. The van der Waals surface area contributed by atoms with Crippen molar-refractivity contribution in [2.24, 2.45) is 0 Å². The van der Waals surface area contributed by atoms with Gasteiger partial charge in [-0.15, -0.1) is 12.8 Å². The van der Waals surface area contributed by atoms with Crippen LogP contribution in [0.1, 0.15) is 36.1 Å². The van der Waals surface area contributed by atoms with Gasteiger partial charge in [-0.1, -0.05) is 35.5 Å². The largest absolute Gasteiger partial charge is 0.106 e. The van der Waals surface area contributed by atoms with Crippen LogP contribution in [0.25, 0.3) is 0 Å². The molecule has 0 heterocycles. The molecule has 0 atom stereocenters. The van der Waals surface area contributed by atoms with E-state index < -0.39 is 0 Å². The first-order chi connectivity index (χ1) is 13.8. The van der Waals surface area contributed by atoms with Gasteiger partial charge in [0.25, 0.3) is 0 Å². The van der Waals surface area contributed by atoms with Crippen LogP contribution in [0.5, 0.6) is 0 Å². The third-order valence-electron chi connectivity index (χ3n) is 2.74. The van der Waals surface area contributed by atoms with Crippen LogP contribution < -0.4 is 0 Å². The van der Waals surface area contributed by atoms with Gasteiger partial charge in [-0.2, -0.15) is 0 Å². The van der Waals surface area contributed by atoms with Crippen LogP contribution in [0.2, 0.25) is 0 Å². The average Bonchev–Trinajstić information content (AvgIpc) is 2.71. The lowest BCUT2D eigenvalue weighted by Crippen LogP contribution is -1.95. The van der Waals surface area contributed by atoms with Crippen molar-refractivity contribution in [3.63, 3.8) is 0 Å². The summed E-state index contributed by atoms with van der Waals surface area (Å²) >= 11 is 0. The second kappa shape index (κ2) is 13.1. The second-order valence-electron chi connectivity index (χ2n) is 4.45. The Morgan fingerprint density at radius 3 is 1.50 bits per heavy atom. The molecule has 0 spiro atoms. The van der Waals surface area contributed by atoms with E-state index in [1.54, 1.807) is 26.0 Å². The van der Waals surface area contributed by atoms with E-state index in [9.17, 15) is 0 Å².